The largest absolute Gasteiger partial charge is 0.444 e. The Balaban J connectivity index is 1.21. The first kappa shape index (κ1) is 32.7. The van der Waals surface area contributed by atoms with Crippen molar-refractivity contribution in [1.82, 2.24) is 19.9 Å². The number of aliphatic hydroxyl groups is 1. The van der Waals surface area contributed by atoms with E-state index in [-0.39, 0.29) is 12.1 Å². The zero-order chi connectivity index (χ0) is 33.7. The highest BCUT2D eigenvalue weighted by Crippen LogP contribution is 2.38. The lowest BCUT2D eigenvalue weighted by molar-refractivity contribution is 0.0206. The van der Waals surface area contributed by atoms with Crippen LogP contribution in [0.2, 0.25) is 0 Å². The molecule has 0 saturated carbocycles. The summed E-state index contributed by atoms with van der Waals surface area (Å²) in [5.41, 5.74) is 3.54. The van der Waals surface area contributed by atoms with Crippen molar-refractivity contribution in [3.8, 4) is 22.9 Å². The van der Waals surface area contributed by atoms with Gasteiger partial charge in [0.2, 0.25) is 11.8 Å². The molecule has 6 rings (SSSR count). The van der Waals surface area contributed by atoms with Gasteiger partial charge < -0.3 is 30.1 Å². The van der Waals surface area contributed by atoms with Crippen LogP contribution in [0.3, 0.4) is 0 Å². The molecule has 1 aliphatic heterocycles. The van der Waals surface area contributed by atoms with Gasteiger partial charge in [0.1, 0.15) is 11.4 Å². The third-order valence-electron chi connectivity index (χ3n) is 8.19. The number of aryl methyl sites for hydroxylation is 1. The summed E-state index contributed by atoms with van der Waals surface area (Å²) in [5, 5.41) is 19.5. The maximum atomic E-state index is 12.7. The summed E-state index contributed by atoms with van der Waals surface area (Å²) in [6.45, 7) is 9.15. The van der Waals surface area contributed by atoms with Crippen LogP contribution in [-0.4, -0.2) is 62.3 Å². The Morgan fingerprint density at radius 3 is 2.62 bits per heavy atom. The number of anilines is 2. The first-order valence-electron chi connectivity index (χ1n) is 16.3. The Kier molecular flexibility index (Phi) is 9.72. The average molecular weight is 647 g/mol. The Morgan fingerprint density at radius 2 is 1.81 bits per heavy atom. The fraction of sp³-hybridized carbons (Fsp3) is 0.316. The van der Waals surface area contributed by atoms with Crippen molar-refractivity contribution in [2.24, 2.45) is 0 Å². The number of nitrogens with one attached hydrogen (secondary N) is 2. The van der Waals surface area contributed by atoms with Gasteiger partial charge in [0.15, 0.2) is 0 Å². The van der Waals surface area contributed by atoms with Gasteiger partial charge >= 0.3 is 6.09 Å². The maximum absolute atomic E-state index is 12.7. The third kappa shape index (κ3) is 7.83. The summed E-state index contributed by atoms with van der Waals surface area (Å²) in [6.07, 6.45) is 4.19. The van der Waals surface area contributed by atoms with Crippen molar-refractivity contribution < 1.29 is 19.4 Å². The van der Waals surface area contributed by atoms with Crippen molar-refractivity contribution in [2.45, 2.75) is 58.3 Å². The number of pyridine rings is 1. The Morgan fingerprint density at radius 1 is 0.979 bits per heavy atom. The second-order valence-electron chi connectivity index (χ2n) is 13.1. The molecular formula is C38H42N6O4. The molecule has 48 heavy (non-hydrogen) atoms. The number of amides is 1. The van der Waals surface area contributed by atoms with E-state index in [1.165, 1.54) is 0 Å². The van der Waals surface area contributed by atoms with Crippen molar-refractivity contribution >= 4 is 28.5 Å². The summed E-state index contributed by atoms with van der Waals surface area (Å²) in [5.74, 6) is 1.58. The van der Waals surface area contributed by atoms with Crippen LogP contribution >= 0.6 is 0 Å². The van der Waals surface area contributed by atoms with E-state index in [9.17, 15) is 9.90 Å². The molecule has 10 heteroatoms. The van der Waals surface area contributed by atoms with E-state index in [0.29, 0.717) is 42.9 Å². The quantitative estimate of drug-likeness (QED) is 0.148. The molecule has 1 aliphatic rings. The molecule has 2 aromatic heterocycles. The summed E-state index contributed by atoms with van der Waals surface area (Å²) in [4.78, 5) is 28.3. The van der Waals surface area contributed by atoms with Gasteiger partial charge in [-0.2, -0.15) is 0 Å². The second-order valence-corrected chi connectivity index (χ2v) is 13.1. The number of aromatic nitrogens is 3. The number of fused-ring (bicyclic) bond motifs is 1. The molecule has 2 atom stereocenters. The molecule has 0 bridgehead atoms. The number of carbonyl (C=O) groups excluding carboxylic acids is 1. The minimum atomic E-state index is -0.645. The maximum Gasteiger partial charge on any atom is 0.410 e. The summed E-state index contributed by atoms with van der Waals surface area (Å²) in [6, 6.07) is 25.3. The van der Waals surface area contributed by atoms with Crippen LogP contribution in [0.4, 0.5) is 16.4 Å². The van der Waals surface area contributed by atoms with Crippen LogP contribution in [0.15, 0.2) is 91.3 Å². The van der Waals surface area contributed by atoms with E-state index >= 15 is 0 Å². The van der Waals surface area contributed by atoms with E-state index < -0.39 is 11.7 Å². The number of piperidine rings is 1. The number of aliphatic hydroxyl groups excluding tert-OH is 1. The number of hydrogen-bond acceptors (Lipinski definition) is 9. The molecule has 248 valence electrons. The van der Waals surface area contributed by atoms with Crippen molar-refractivity contribution in [1.29, 1.82) is 0 Å². The second kappa shape index (κ2) is 14.3. The first-order valence-corrected chi connectivity index (χ1v) is 16.3. The minimum Gasteiger partial charge on any atom is -0.444 e. The number of hydrogen-bond donors (Lipinski definition) is 3. The molecule has 1 fully saturated rings. The lowest BCUT2D eigenvalue weighted by Crippen LogP contribution is -2.47. The lowest BCUT2D eigenvalue weighted by Gasteiger charge is -2.34. The van der Waals surface area contributed by atoms with E-state index in [1.807, 2.05) is 100 Å². The minimum absolute atomic E-state index is 0.0129. The Hall–Kier alpha value is -5.22. The van der Waals surface area contributed by atoms with E-state index in [2.05, 4.69) is 26.7 Å². The highest BCUT2D eigenvalue weighted by molar-refractivity contribution is 5.98. The number of benzene rings is 3. The van der Waals surface area contributed by atoms with Gasteiger partial charge in [-0.1, -0.05) is 54.6 Å². The van der Waals surface area contributed by atoms with Gasteiger partial charge in [0.25, 0.3) is 0 Å². The first-order chi connectivity index (χ1) is 23.1. The molecule has 10 nitrogen and oxygen atoms in total. The highest BCUT2D eigenvalue weighted by Gasteiger charge is 2.28. The highest BCUT2D eigenvalue weighted by atomic mass is 16.6. The van der Waals surface area contributed by atoms with E-state index in [1.54, 1.807) is 17.3 Å². The van der Waals surface area contributed by atoms with Crippen LogP contribution in [0.1, 0.15) is 50.8 Å². The average Bonchev–Trinajstić information content (AvgIpc) is 3.08. The topological polar surface area (TPSA) is 122 Å². The zero-order valence-corrected chi connectivity index (χ0v) is 27.8. The van der Waals surface area contributed by atoms with Crippen LogP contribution in [0.25, 0.3) is 22.0 Å². The molecule has 0 radical (unpaired) electrons. The Labute approximate surface area is 281 Å². The van der Waals surface area contributed by atoms with Crippen LogP contribution in [-0.2, 0) is 4.74 Å². The van der Waals surface area contributed by atoms with Gasteiger partial charge in [-0.25, -0.2) is 19.7 Å². The van der Waals surface area contributed by atoms with Crippen molar-refractivity contribution in [3.05, 3.63) is 102 Å². The van der Waals surface area contributed by atoms with Crippen LogP contribution < -0.4 is 15.4 Å². The predicted octanol–water partition coefficient (Wildman–Crippen LogP) is 7.75. The molecule has 3 aromatic carbocycles. The Bertz CT molecular complexity index is 1880. The normalized spacial score (nSPS) is 15.5. The molecule has 5 aromatic rings. The third-order valence-corrected chi connectivity index (χ3v) is 8.19. The van der Waals surface area contributed by atoms with Crippen LogP contribution in [0.5, 0.6) is 11.6 Å². The monoisotopic (exact) mass is 646 g/mol. The SMILES string of the molecule is Cc1ccc2c(NC[C@H](O)c3ccccc3)cccc2c1Oc1ncccc1-c1ccnc(N[C@H]2CCCN(C(=O)OC(C)(C)C)C2)n1. The lowest BCUT2D eigenvalue weighted by atomic mass is 10.0. The van der Waals surface area contributed by atoms with Gasteiger partial charge in [0, 0.05) is 54.5 Å². The van der Waals surface area contributed by atoms with E-state index in [4.69, 9.17) is 14.5 Å². The summed E-state index contributed by atoms with van der Waals surface area (Å²) in [7, 11) is 0. The van der Waals surface area contributed by atoms with Gasteiger partial charge in [0.05, 0.1) is 17.4 Å². The van der Waals surface area contributed by atoms with Crippen molar-refractivity contribution in [2.75, 3.05) is 30.3 Å². The molecule has 3 heterocycles. The van der Waals surface area contributed by atoms with Gasteiger partial charge in [-0.05, 0) is 75.9 Å². The van der Waals surface area contributed by atoms with Gasteiger partial charge in [-0.3, -0.25) is 0 Å². The standard InChI is InChI=1S/C38H42N6O4/c1-25-17-18-28-29(14-8-16-31(28)41-23-33(45)26-11-6-5-7-12-26)34(25)47-35-30(15-9-20-39-35)32-19-21-40-36(43-32)42-27-13-10-22-44(24-27)37(46)48-38(2,3)4/h5-9,11-12,14-21,27,33,41,45H,10,13,22-24H2,1-4H3,(H,40,42,43)/t27-,33-/m0/s1. The number of ether oxygens (including phenoxy) is 2. The van der Waals surface area contributed by atoms with Gasteiger partial charge in [-0.15, -0.1) is 0 Å². The predicted molar refractivity (Wildman–Crippen MR) is 188 cm³/mol. The zero-order valence-electron chi connectivity index (χ0n) is 27.8. The van der Waals surface area contributed by atoms with Crippen LogP contribution in [0, 0.1) is 6.92 Å². The van der Waals surface area contributed by atoms with Crippen molar-refractivity contribution in [3.63, 3.8) is 0 Å². The molecule has 1 amide bonds. The number of carbonyl (C=O) groups is 1. The molecular weight excluding hydrogens is 604 g/mol. The molecule has 0 unspecified atom stereocenters. The fourth-order valence-electron chi connectivity index (χ4n) is 5.84. The molecule has 0 spiro atoms. The smallest absolute Gasteiger partial charge is 0.410 e. The summed E-state index contributed by atoms with van der Waals surface area (Å²) >= 11 is 0. The molecule has 3 N–H and O–H groups in total. The molecule has 0 aliphatic carbocycles. The number of likely N-dealkylation sites (tertiary alicyclic amines) is 1. The molecule has 1 saturated heterocycles. The van der Waals surface area contributed by atoms with E-state index in [0.717, 1.165) is 46.0 Å². The number of nitrogens with zero attached hydrogens (tertiary/aromatic N) is 4. The fourth-order valence-corrected chi connectivity index (χ4v) is 5.84. The summed E-state index contributed by atoms with van der Waals surface area (Å²) < 4.78 is 12.2. The number of rotatable bonds is 9.